The molecule has 2 atom stereocenters. The molecule has 1 aromatic carbocycles. The molecule has 0 radical (unpaired) electrons. The van der Waals surface area contributed by atoms with E-state index in [0.29, 0.717) is 6.04 Å². The van der Waals surface area contributed by atoms with E-state index in [1.807, 2.05) is 11.3 Å². The fraction of sp³-hybridized carbons (Fsp3) is 0.444. The van der Waals surface area contributed by atoms with Gasteiger partial charge in [-0.3, -0.25) is 0 Å². The van der Waals surface area contributed by atoms with E-state index in [9.17, 15) is 0 Å². The molecule has 2 N–H and O–H groups in total. The smallest absolute Gasteiger partial charge is 0.0525 e. The van der Waals surface area contributed by atoms with Crippen LogP contribution >= 0.6 is 11.3 Å². The van der Waals surface area contributed by atoms with Crippen molar-refractivity contribution in [3.63, 3.8) is 0 Å². The van der Waals surface area contributed by atoms with Crippen molar-refractivity contribution in [2.45, 2.75) is 45.7 Å². The van der Waals surface area contributed by atoms with Gasteiger partial charge in [0.25, 0.3) is 0 Å². The molecule has 0 aliphatic carbocycles. The first-order valence-electron chi connectivity index (χ1n) is 7.74. The van der Waals surface area contributed by atoms with Crippen molar-refractivity contribution < 1.29 is 0 Å². The van der Waals surface area contributed by atoms with Gasteiger partial charge in [-0.1, -0.05) is 17.7 Å². The maximum absolute atomic E-state index is 6.05. The van der Waals surface area contributed by atoms with Crippen LogP contribution in [0.25, 0.3) is 0 Å². The highest BCUT2D eigenvalue weighted by Crippen LogP contribution is 2.37. The first kappa shape index (κ1) is 14.6. The number of benzene rings is 1. The number of fused-ring (bicyclic) bond motifs is 1. The average molecular weight is 300 g/mol. The second kappa shape index (κ2) is 5.82. The monoisotopic (exact) mass is 300 g/mol. The van der Waals surface area contributed by atoms with E-state index in [1.54, 1.807) is 4.88 Å². The maximum Gasteiger partial charge on any atom is 0.0525 e. The molecule has 3 rings (SSSR count). The fourth-order valence-electron chi connectivity index (χ4n) is 3.34. The van der Waals surface area contributed by atoms with E-state index in [2.05, 4.69) is 55.3 Å². The highest BCUT2D eigenvalue weighted by atomic mass is 32.1. The first-order chi connectivity index (χ1) is 10.1. The summed E-state index contributed by atoms with van der Waals surface area (Å²) in [6, 6.07) is 9.73. The summed E-state index contributed by atoms with van der Waals surface area (Å²) in [7, 11) is 0. The third kappa shape index (κ3) is 2.85. The Morgan fingerprint density at radius 1 is 1.38 bits per heavy atom. The minimum atomic E-state index is 0.197. The van der Waals surface area contributed by atoms with Gasteiger partial charge in [0.15, 0.2) is 0 Å². The number of hydrogen-bond acceptors (Lipinski definition) is 3. The fourth-order valence-corrected chi connectivity index (χ4v) is 4.31. The van der Waals surface area contributed by atoms with Crippen molar-refractivity contribution in [2.24, 2.45) is 5.73 Å². The summed E-state index contributed by atoms with van der Waals surface area (Å²) >= 11 is 1.90. The van der Waals surface area contributed by atoms with Crippen LogP contribution < -0.4 is 10.6 Å². The van der Waals surface area contributed by atoms with Gasteiger partial charge in [-0.05, 0) is 62.3 Å². The molecule has 1 aromatic heterocycles. The molecule has 2 unspecified atom stereocenters. The molecule has 1 aliphatic heterocycles. The molecule has 0 fully saturated rings. The number of anilines is 1. The molecule has 21 heavy (non-hydrogen) atoms. The second-order valence-corrected chi connectivity index (χ2v) is 7.23. The molecule has 2 nitrogen and oxygen atoms in total. The molecule has 3 heteroatoms. The van der Waals surface area contributed by atoms with E-state index in [1.165, 1.54) is 22.4 Å². The Labute approximate surface area is 131 Å². The van der Waals surface area contributed by atoms with Crippen molar-refractivity contribution in [1.29, 1.82) is 0 Å². The molecular formula is C18H24N2S. The van der Waals surface area contributed by atoms with E-state index in [-0.39, 0.29) is 6.04 Å². The van der Waals surface area contributed by atoms with Crippen molar-refractivity contribution in [3.05, 3.63) is 51.2 Å². The topological polar surface area (TPSA) is 29.3 Å². The Kier molecular flexibility index (Phi) is 4.05. The number of nitrogens with two attached hydrogens (primary N) is 1. The number of rotatable bonds is 3. The van der Waals surface area contributed by atoms with Crippen LogP contribution in [0.1, 0.15) is 41.5 Å². The highest BCUT2D eigenvalue weighted by Gasteiger charge is 2.26. The molecule has 0 saturated carbocycles. The summed E-state index contributed by atoms with van der Waals surface area (Å²) < 4.78 is 0. The van der Waals surface area contributed by atoms with Crippen LogP contribution in [0.5, 0.6) is 0 Å². The van der Waals surface area contributed by atoms with Crippen molar-refractivity contribution >= 4 is 17.0 Å². The molecule has 1 aliphatic rings. The molecule has 0 spiro atoms. The predicted molar refractivity (Wildman–Crippen MR) is 92.3 cm³/mol. The van der Waals surface area contributed by atoms with E-state index >= 15 is 0 Å². The standard InChI is InChI=1S/C18H24N2S/c1-12-4-5-17(15(10-12)11-13(2)19)20-8-6-18-16(14(20)3)7-9-21-18/h4-5,7,9-10,13-14H,6,8,11,19H2,1-3H3. The summed E-state index contributed by atoms with van der Waals surface area (Å²) in [6.07, 6.45) is 2.10. The Bertz CT molecular complexity index is 630. The van der Waals surface area contributed by atoms with Crippen molar-refractivity contribution in [3.8, 4) is 0 Å². The van der Waals surface area contributed by atoms with Crippen LogP contribution in [0.4, 0.5) is 5.69 Å². The number of hydrogen-bond donors (Lipinski definition) is 1. The minimum absolute atomic E-state index is 0.197. The SMILES string of the molecule is Cc1ccc(N2CCc3sccc3C2C)c(CC(C)N)c1. The Hall–Kier alpha value is -1.32. The van der Waals surface area contributed by atoms with Gasteiger partial charge in [0.2, 0.25) is 0 Å². The Morgan fingerprint density at radius 3 is 2.95 bits per heavy atom. The van der Waals surface area contributed by atoms with Gasteiger partial charge < -0.3 is 10.6 Å². The van der Waals surface area contributed by atoms with Gasteiger partial charge in [0.1, 0.15) is 0 Å². The Balaban J connectivity index is 1.97. The third-order valence-electron chi connectivity index (χ3n) is 4.36. The summed E-state index contributed by atoms with van der Waals surface area (Å²) in [4.78, 5) is 4.10. The lowest BCUT2D eigenvalue weighted by Crippen LogP contribution is -2.34. The lowest BCUT2D eigenvalue weighted by atomic mass is 9.96. The number of aryl methyl sites for hydroxylation is 1. The summed E-state index contributed by atoms with van der Waals surface area (Å²) in [6.45, 7) is 7.66. The van der Waals surface area contributed by atoms with Crippen molar-refractivity contribution in [2.75, 3.05) is 11.4 Å². The lowest BCUT2D eigenvalue weighted by molar-refractivity contribution is 0.626. The van der Waals surface area contributed by atoms with Crippen LogP contribution in [-0.2, 0) is 12.8 Å². The van der Waals surface area contributed by atoms with E-state index in [4.69, 9.17) is 5.73 Å². The molecule has 2 heterocycles. The quantitative estimate of drug-likeness (QED) is 0.926. The van der Waals surface area contributed by atoms with Crippen LogP contribution in [0.15, 0.2) is 29.6 Å². The highest BCUT2D eigenvalue weighted by molar-refractivity contribution is 7.10. The van der Waals surface area contributed by atoms with Gasteiger partial charge in [-0.15, -0.1) is 11.3 Å². The summed E-state index contributed by atoms with van der Waals surface area (Å²) in [5.41, 5.74) is 11.6. The number of nitrogens with zero attached hydrogens (tertiary/aromatic N) is 1. The molecular weight excluding hydrogens is 276 g/mol. The maximum atomic E-state index is 6.05. The zero-order chi connectivity index (χ0) is 15.0. The van der Waals surface area contributed by atoms with E-state index < -0.39 is 0 Å². The number of thiophene rings is 1. The van der Waals surface area contributed by atoms with Crippen LogP contribution in [-0.4, -0.2) is 12.6 Å². The minimum Gasteiger partial charge on any atom is -0.364 e. The first-order valence-corrected chi connectivity index (χ1v) is 8.62. The van der Waals surface area contributed by atoms with E-state index in [0.717, 1.165) is 19.4 Å². The zero-order valence-corrected chi connectivity index (χ0v) is 13.9. The normalized spacial score (nSPS) is 19.4. The third-order valence-corrected chi connectivity index (χ3v) is 5.36. The summed E-state index contributed by atoms with van der Waals surface area (Å²) in [5.74, 6) is 0. The average Bonchev–Trinajstić information content (AvgIpc) is 2.89. The van der Waals surface area contributed by atoms with Crippen molar-refractivity contribution in [1.82, 2.24) is 0 Å². The van der Waals surface area contributed by atoms with Gasteiger partial charge in [-0.25, -0.2) is 0 Å². The molecule has 2 aromatic rings. The van der Waals surface area contributed by atoms with Crippen LogP contribution in [0.3, 0.4) is 0 Å². The molecule has 112 valence electrons. The zero-order valence-electron chi connectivity index (χ0n) is 13.1. The Morgan fingerprint density at radius 2 is 2.19 bits per heavy atom. The van der Waals surface area contributed by atoms with Gasteiger partial charge in [-0.2, -0.15) is 0 Å². The molecule has 0 bridgehead atoms. The molecule has 0 saturated heterocycles. The van der Waals surface area contributed by atoms with Crippen LogP contribution in [0, 0.1) is 6.92 Å². The van der Waals surface area contributed by atoms with Gasteiger partial charge in [0, 0.05) is 23.2 Å². The largest absolute Gasteiger partial charge is 0.364 e. The lowest BCUT2D eigenvalue weighted by Gasteiger charge is -2.37. The van der Waals surface area contributed by atoms with Crippen LogP contribution in [0.2, 0.25) is 0 Å². The van der Waals surface area contributed by atoms with Gasteiger partial charge in [0.05, 0.1) is 6.04 Å². The van der Waals surface area contributed by atoms with Gasteiger partial charge >= 0.3 is 0 Å². The second-order valence-electron chi connectivity index (χ2n) is 6.23. The summed E-state index contributed by atoms with van der Waals surface area (Å²) in [5, 5.41) is 2.22. The predicted octanol–water partition coefficient (Wildman–Crippen LogP) is 4.07. The molecule has 0 amide bonds.